The lowest BCUT2D eigenvalue weighted by Gasteiger charge is -2.07. The normalized spacial score (nSPS) is 9.77. The number of rotatable bonds is 1. The molecule has 0 aliphatic heterocycles. The summed E-state index contributed by atoms with van der Waals surface area (Å²) in [5.74, 6) is -0.268. The van der Waals surface area contributed by atoms with Gasteiger partial charge in [-0.05, 0) is 25.5 Å². The van der Waals surface area contributed by atoms with Crippen molar-refractivity contribution in [3.63, 3.8) is 0 Å². The van der Waals surface area contributed by atoms with Crippen LogP contribution >= 0.6 is 0 Å². The highest BCUT2D eigenvalue weighted by Gasteiger charge is 2.12. The molecule has 70 valence electrons. The minimum atomic E-state index is -0.423. The number of carbonyl (C=O) groups is 1. The first-order valence-electron chi connectivity index (χ1n) is 3.95. The van der Waals surface area contributed by atoms with Crippen molar-refractivity contribution in [3.05, 3.63) is 28.8 Å². The third-order valence-electron chi connectivity index (χ3n) is 2.04. The second-order valence-electron chi connectivity index (χ2n) is 2.90. The first kappa shape index (κ1) is 9.58. The van der Waals surface area contributed by atoms with Crippen LogP contribution in [0, 0.1) is 13.8 Å². The summed E-state index contributed by atoms with van der Waals surface area (Å²) in [5, 5.41) is 9.52. The van der Waals surface area contributed by atoms with E-state index >= 15 is 0 Å². The van der Waals surface area contributed by atoms with Crippen molar-refractivity contribution in [2.45, 2.75) is 13.8 Å². The van der Waals surface area contributed by atoms with Crippen molar-refractivity contribution in [2.24, 2.45) is 0 Å². The average molecular weight is 180 g/mol. The van der Waals surface area contributed by atoms with E-state index in [-0.39, 0.29) is 5.75 Å². The van der Waals surface area contributed by atoms with Crippen LogP contribution in [-0.2, 0) is 4.74 Å². The van der Waals surface area contributed by atoms with Crippen molar-refractivity contribution in [3.8, 4) is 5.75 Å². The predicted molar refractivity (Wildman–Crippen MR) is 48.9 cm³/mol. The summed E-state index contributed by atoms with van der Waals surface area (Å²) in [6.07, 6.45) is 0. The van der Waals surface area contributed by atoms with Gasteiger partial charge >= 0.3 is 5.97 Å². The molecule has 0 aromatic heterocycles. The molecule has 0 saturated heterocycles. The maximum atomic E-state index is 11.2. The van der Waals surface area contributed by atoms with Gasteiger partial charge < -0.3 is 9.84 Å². The van der Waals surface area contributed by atoms with Crippen LogP contribution in [0.15, 0.2) is 12.1 Å². The molecule has 0 aliphatic carbocycles. The lowest BCUT2D eigenvalue weighted by molar-refractivity contribution is 0.0599. The Labute approximate surface area is 77.0 Å². The minimum absolute atomic E-state index is 0.155. The fourth-order valence-corrected chi connectivity index (χ4v) is 1.17. The number of aryl methyl sites for hydroxylation is 1. The summed E-state index contributed by atoms with van der Waals surface area (Å²) in [6, 6.07) is 3.34. The summed E-state index contributed by atoms with van der Waals surface area (Å²) in [5.41, 5.74) is 1.72. The predicted octanol–water partition coefficient (Wildman–Crippen LogP) is 1.80. The highest BCUT2D eigenvalue weighted by atomic mass is 16.5. The van der Waals surface area contributed by atoms with Crippen molar-refractivity contribution in [2.75, 3.05) is 7.11 Å². The van der Waals surface area contributed by atoms with Crippen molar-refractivity contribution in [1.29, 1.82) is 0 Å². The molecule has 1 aromatic carbocycles. The number of hydrogen-bond acceptors (Lipinski definition) is 3. The Kier molecular flexibility index (Phi) is 2.56. The molecule has 0 bridgehead atoms. The molecule has 3 nitrogen and oxygen atoms in total. The van der Waals surface area contributed by atoms with Gasteiger partial charge in [0, 0.05) is 5.56 Å². The van der Waals surface area contributed by atoms with E-state index < -0.39 is 5.97 Å². The van der Waals surface area contributed by atoms with Gasteiger partial charge in [-0.1, -0.05) is 6.07 Å². The summed E-state index contributed by atoms with van der Waals surface area (Å²) in [7, 11) is 1.32. The zero-order valence-electron chi connectivity index (χ0n) is 7.92. The van der Waals surface area contributed by atoms with Crippen LogP contribution in [0.2, 0.25) is 0 Å². The first-order valence-corrected chi connectivity index (χ1v) is 3.95. The first-order chi connectivity index (χ1) is 6.07. The van der Waals surface area contributed by atoms with Crippen LogP contribution in [0.1, 0.15) is 21.5 Å². The Bertz CT molecular complexity index is 342. The monoisotopic (exact) mass is 180 g/mol. The molecule has 0 saturated carbocycles. The second-order valence-corrected chi connectivity index (χ2v) is 2.90. The Morgan fingerprint density at radius 3 is 2.54 bits per heavy atom. The van der Waals surface area contributed by atoms with Gasteiger partial charge in [-0.15, -0.1) is 0 Å². The zero-order valence-corrected chi connectivity index (χ0v) is 7.92. The average Bonchev–Trinajstić information content (AvgIpc) is 2.13. The van der Waals surface area contributed by atoms with Crippen LogP contribution in [0.3, 0.4) is 0 Å². The van der Waals surface area contributed by atoms with Crippen LogP contribution in [0.25, 0.3) is 0 Å². The molecule has 1 N–H and O–H groups in total. The van der Waals surface area contributed by atoms with E-state index in [0.29, 0.717) is 11.1 Å². The van der Waals surface area contributed by atoms with Gasteiger partial charge in [-0.25, -0.2) is 4.79 Å². The number of esters is 1. The third kappa shape index (κ3) is 1.64. The van der Waals surface area contributed by atoms with E-state index in [1.165, 1.54) is 7.11 Å². The number of carbonyl (C=O) groups excluding carboxylic acids is 1. The number of phenols is 1. The number of methoxy groups -OCH3 is 1. The molecule has 0 radical (unpaired) electrons. The van der Waals surface area contributed by atoms with Gasteiger partial charge in [-0.3, -0.25) is 0 Å². The molecule has 0 spiro atoms. The van der Waals surface area contributed by atoms with Crippen molar-refractivity contribution in [1.82, 2.24) is 0 Å². The van der Waals surface area contributed by atoms with E-state index in [0.717, 1.165) is 5.56 Å². The Hall–Kier alpha value is -1.51. The molecule has 0 unspecified atom stereocenters. The largest absolute Gasteiger partial charge is 0.507 e. The zero-order chi connectivity index (χ0) is 10.0. The number of ether oxygens (including phenoxy) is 1. The van der Waals surface area contributed by atoms with Gasteiger partial charge in [0.15, 0.2) is 0 Å². The maximum Gasteiger partial charge on any atom is 0.338 e. The third-order valence-corrected chi connectivity index (χ3v) is 2.04. The molecule has 0 fully saturated rings. The van der Waals surface area contributed by atoms with Gasteiger partial charge in [0.05, 0.1) is 12.7 Å². The van der Waals surface area contributed by atoms with Crippen LogP contribution in [-0.4, -0.2) is 18.2 Å². The molecule has 1 rings (SSSR count). The lowest BCUT2D eigenvalue weighted by atomic mass is 10.0. The topological polar surface area (TPSA) is 46.5 Å². The smallest absolute Gasteiger partial charge is 0.338 e. The van der Waals surface area contributed by atoms with Gasteiger partial charge in [-0.2, -0.15) is 0 Å². The van der Waals surface area contributed by atoms with E-state index in [4.69, 9.17) is 0 Å². The molecule has 0 heterocycles. The van der Waals surface area contributed by atoms with Crippen LogP contribution in [0.5, 0.6) is 5.75 Å². The number of phenolic OH excluding ortho intramolecular Hbond substituents is 1. The SMILES string of the molecule is COC(=O)c1ccc(C)c(O)c1C. The van der Waals surface area contributed by atoms with E-state index in [1.807, 2.05) is 0 Å². The van der Waals surface area contributed by atoms with E-state index in [2.05, 4.69) is 4.74 Å². The fourth-order valence-electron chi connectivity index (χ4n) is 1.17. The summed E-state index contributed by atoms with van der Waals surface area (Å²) < 4.78 is 4.56. The van der Waals surface area contributed by atoms with Crippen LogP contribution < -0.4 is 0 Å². The Morgan fingerprint density at radius 2 is 2.00 bits per heavy atom. The Balaban J connectivity index is 3.26. The highest BCUT2D eigenvalue weighted by Crippen LogP contribution is 2.24. The molecule has 3 heteroatoms. The maximum absolute atomic E-state index is 11.2. The molecule has 0 aliphatic rings. The molecular formula is C10H12O3. The van der Waals surface area contributed by atoms with E-state index in [9.17, 15) is 9.90 Å². The van der Waals surface area contributed by atoms with Crippen molar-refractivity contribution < 1.29 is 14.6 Å². The number of aromatic hydroxyl groups is 1. The van der Waals surface area contributed by atoms with Crippen LogP contribution in [0.4, 0.5) is 0 Å². The summed E-state index contributed by atoms with van der Waals surface area (Å²) >= 11 is 0. The van der Waals surface area contributed by atoms with E-state index in [1.54, 1.807) is 26.0 Å². The van der Waals surface area contributed by atoms with Gasteiger partial charge in [0.1, 0.15) is 5.75 Å². The number of hydrogen-bond donors (Lipinski definition) is 1. The lowest BCUT2D eigenvalue weighted by Crippen LogP contribution is -2.03. The molecule has 13 heavy (non-hydrogen) atoms. The molecule has 0 atom stereocenters. The van der Waals surface area contributed by atoms with Crippen molar-refractivity contribution >= 4 is 5.97 Å². The summed E-state index contributed by atoms with van der Waals surface area (Å²) in [4.78, 5) is 11.2. The number of benzene rings is 1. The summed E-state index contributed by atoms with van der Waals surface area (Å²) in [6.45, 7) is 3.47. The molecule has 1 aromatic rings. The van der Waals surface area contributed by atoms with Gasteiger partial charge in [0.2, 0.25) is 0 Å². The highest BCUT2D eigenvalue weighted by molar-refractivity contribution is 5.91. The van der Waals surface area contributed by atoms with Gasteiger partial charge in [0.25, 0.3) is 0 Å². The Morgan fingerprint density at radius 1 is 1.38 bits per heavy atom. The fraction of sp³-hybridized carbons (Fsp3) is 0.300. The molecule has 0 amide bonds. The minimum Gasteiger partial charge on any atom is -0.507 e. The quantitative estimate of drug-likeness (QED) is 0.670. The standard InChI is InChI=1S/C10H12O3/c1-6-4-5-8(10(12)13-3)7(2)9(6)11/h4-5,11H,1-3H3. The second kappa shape index (κ2) is 3.47. The molecular weight excluding hydrogens is 168 g/mol.